The number of ether oxygens (including phenoxy) is 1. The number of morpholine rings is 1. The number of hydrogen-bond acceptors (Lipinski definition) is 4. The minimum atomic E-state index is -0.569. The number of carbonyl (C=O) groups excluding carboxylic acids is 1. The summed E-state index contributed by atoms with van der Waals surface area (Å²) in [5, 5.41) is 1.07. The third-order valence-electron chi connectivity index (χ3n) is 3.36. The molecule has 2 N–H and O–H groups in total. The lowest BCUT2D eigenvalue weighted by molar-refractivity contribution is -0.130. The van der Waals surface area contributed by atoms with Crippen molar-refractivity contribution < 1.29 is 9.53 Å². The molecule has 20 heavy (non-hydrogen) atoms. The number of halogens is 1. The molecule has 5 nitrogen and oxygen atoms in total. The van der Waals surface area contributed by atoms with Gasteiger partial charge in [-0.15, -0.1) is 0 Å². The van der Waals surface area contributed by atoms with Crippen LogP contribution in [0, 0.1) is 0 Å². The maximum atomic E-state index is 11.2. The molecule has 0 radical (unpaired) electrons. The molecule has 1 atom stereocenters. The summed E-state index contributed by atoms with van der Waals surface area (Å²) < 4.78 is 6.30. The molecular formula is C14H14BrN3O2. The number of rotatable bonds is 2. The maximum absolute atomic E-state index is 11.2. The van der Waals surface area contributed by atoms with Crippen molar-refractivity contribution in [2.45, 2.75) is 6.10 Å². The van der Waals surface area contributed by atoms with Gasteiger partial charge in [0.25, 0.3) is 0 Å². The van der Waals surface area contributed by atoms with Gasteiger partial charge in [-0.1, -0.05) is 12.1 Å². The van der Waals surface area contributed by atoms with Crippen LogP contribution in [0.1, 0.15) is 0 Å². The van der Waals surface area contributed by atoms with Crippen molar-refractivity contribution in [1.29, 1.82) is 0 Å². The van der Waals surface area contributed by atoms with Gasteiger partial charge in [0, 0.05) is 16.4 Å². The summed E-state index contributed by atoms with van der Waals surface area (Å²) in [6.07, 6.45) is -0.569. The molecule has 1 aromatic carbocycles. The Labute approximate surface area is 124 Å². The summed E-state index contributed by atoms with van der Waals surface area (Å²) in [4.78, 5) is 17.9. The Morgan fingerprint density at radius 2 is 2.25 bits per heavy atom. The van der Waals surface area contributed by atoms with Gasteiger partial charge in [0.1, 0.15) is 5.82 Å². The van der Waals surface area contributed by atoms with Crippen molar-refractivity contribution in [1.82, 2.24) is 4.98 Å². The number of carbonyl (C=O) groups is 1. The molecule has 0 unspecified atom stereocenters. The molecule has 2 aromatic rings. The van der Waals surface area contributed by atoms with Crippen molar-refractivity contribution in [2.75, 3.05) is 24.6 Å². The third kappa shape index (κ3) is 2.48. The number of hydrogen-bond donors (Lipinski definition) is 1. The van der Waals surface area contributed by atoms with Gasteiger partial charge in [0.15, 0.2) is 6.10 Å². The molecule has 0 bridgehead atoms. The summed E-state index contributed by atoms with van der Waals surface area (Å²) in [7, 11) is 0. The number of anilines is 1. The fraction of sp³-hybridized carbons (Fsp3) is 0.286. The summed E-state index contributed by atoms with van der Waals surface area (Å²) in [5.74, 6) is 0.399. The van der Waals surface area contributed by atoms with Gasteiger partial charge in [0.05, 0.1) is 18.7 Å². The highest BCUT2D eigenvalue weighted by molar-refractivity contribution is 9.10. The molecule has 1 amide bonds. The quantitative estimate of drug-likeness (QED) is 0.906. The number of pyridine rings is 1. The molecule has 0 aliphatic carbocycles. The summed E-state index contributed by atoms with van der Waals surface area (Å²) >= 11 is 3.51. The largest absolute Gasteiger partial charge is 0.367 e. The van der Waals surface area contributed by atoms with Crippen LogP contribution in [-0.4, -0.2) is 36.7 Å². The molecule has 1 fully saturated rings. The second-order valence-corrected chi connectivity index (χ2v) is 5.54. The monoisotopic (exact) mass is 335 g/mol. The average molecular weight is 336 g/mol. The van der Waals surface area contributed by atoms with Crippen LogP contribution in [-0.2, 0) is 9.53 Å². The van der Waals surface area contributed by atoms with Crippen LogP contribution in [0.15, 0.2) is 34.8 Å². The highest BCUT2D eigenvalue weighted by Crippen LogP contribution is 2.25. The maximum Gasteiger partial charge on any atom is 0.248 e. The van der Waals surface area contributed by atoms with E-state index in [1.54, 1.807) is 0 Å². The molecule has 104 valence electrons. The fourth-order valence-corrected chi connectivity index (χ4v) is 2.78. The lowest BCUT2D eigenvalue weighted by Crippen LogP contribution is -2.48. The van der Waals surface area contributed by atoms with Crippen LogP contribution < -0.4 is 10.6 Å². The first-order valence-electron chi connectivity index (χ1n) is 6.36. The molecule has 0 saturated carbocycles. The third-order valence-corrected chi connectivity index (χ3v) is 4.00. The van der Waals surface area contributed by atoms with Gasteiger partial charge in [-0.25, -0.2) is 4.98 Å². The van der Waals surface area contributed by atoms with Crippen molar-refractivity contribution >= 4 is 38.6 Å². The van der Waals surface area contributed by atoms with Crippen molar-refractivity contribution in [3.63, 3.8) is 0 Å². The molecular weight excluding hydrogens is 322 g/mol. The van der Waals surface area contributed by atoms with E-state index in [4.69, 9.17) is 10.5 Å². The zero-order valence-corrected chi connectivity index (χ0v) is 12.3. The lowest BCUT2D eigenvalue weighted by atomic mass is 10.2. The minimum absolute atomic E-state index is 0.434. The van der Waals surface area contributed by atoms with Gasteiger partial charge >= 0.3 is 0 Å². The smallest absolute Gasteiger partial charge is 0.248 e. The first-order chi connectivity index (χ1) is 9.65. The Morgan fingerprint density at radius 3 is 3.05 bits per heavy atom. The van der Waals surface area contributed by atoms with E-state index in [0.29, 0.717) is 19.7 Å². The second-order valence-electron chi connectivity index (χ2n) is 4.69. The first-order valence-corrected chi connectivity index (χ1v) is 7.15. The Balaban J connectivity index is 1.93. The standard InChI is InChI=1S/C14H14BrN3O2/c15-10-3-1-2-9-4-5-12(17-13(9)10)18-6-7-20-11(8-18)14(16)19/h1-5,11H,6-8H2,(H2,16,19)/t11-/m1/s1. The zero-order valence-electron chi connectivity index (χ0n) is 10.8. The number of primary amides is 1. The van der Waals surface area contributed by atoms with E-state index in [1.165, 1.54) is 0 Å². The lowest BCUT2D eigenvalue weighted by Gasteiger charge is -2.32. The number of amides is 1. The Morgan fingerprint density at radius 1 is 1.40 bits per heavy atom. The van der Waals surface area contributed by atoms with Gasteiger partial charge in [-0.3, -0.25) is 4.79 Å². The SMILES string of the molecule is NC(=O)[C@H]1CN(c2ccc3cccc(Br)c3n2)CCO1. The minimum Gasteiger partial charge on any atom is -0.367 e. The van der Waals surface area contributed by atoms with Crippen molar-refractivity contribution in [2.24, 2.45) is 5.73 Å². The van der Waals surface area contributed by atoms with E-state index in [2.05, 4.69) is 20.9 Å². The number of para-hydroxylation sites is 1. The van der Waals surface area contributed by atoms with Crippen LogP contribution in [0.3, 0.4) is 0 Å². The molecule has 2 heterocycles. The molecule has 3 rings (SSSR count). The normalized spacial score (nSPS) is 19.2. The molecule has 1 aliphatic heterocycles. The number of nitrogens with two attached hydrogens (primary N) is 1. The average Bonchev–Trinajstić information content (AvgIpc) is 2.47. The van der Waals surface area contributed by atoms with Crippen LogP contribution in [0.2, 0.25) is 0 Å². The summed E-state index contributed by atoms with van der Waals surface area (Å²) in [5.41, 5.74) is 6.21. The molecule has 0 spiro atoms. The topological polar surface area (TPSA) is 68.5 Å². The van der Waals surface area contributed by atoms with E-state index in [9.17, 15) is 4.79 Å². The highest BCUT2D eigenvalue weighted by Gasteiger charge is 2.25. The van der Waals surface area contributed by atoms with Gasteiger partial charge < -0.3 is 15.4 Å². The number of aromatic nitrogens is 1. The predicted octanol–water partition coefficient (Wildman–Crippen LogP) is 1.69. The van der Waals surface area contributed by atoms with Crippen molar-refractivity contribution in [3.05, 3.63) is 34.8 Å². The van der Waals surface area contributed by atoms with E-state index < -0.39 is 12.0 Å². The fourth-order valence-electron chi connectivity index (χ4n) is 2.31. The second kappa shape index (κ2) is 5.38. The van der Waals surface area contributed by atoms with Crippen LogP contribution >= 0.6 is 15.9 Å². The Kier molecular flexibility index (Phi) is 3.58. The molecule has 1 aromatic heterocycles. The highest BCUT2D eigenvalue weighted by atomic mass is 79.9. The van der Waals surface area contributed by atoms with Crippen LogP contribution in [0.25, 0.3) is 10.9 Å². The predicted molar refractivity (Wildman–Crippen MR) is 80.6 cm³/mol. The van der Waals surface area contributed by atoms with Crippen LogP contribution in [0.5, 0.6) is 0 Å². The molecule has 6 heteroatoms. The van der Waals surface area contributed by atoms with Gasteiger partial charge in [-0.2, -0.15) is 0 Å². The number of benzene rings is 1. The van der Waals surface area contributed by atoms with Crippen molar-refractivity contribution in [3.8, 4) is 0 Å². The van der Waals surface area contributed by atoms with E-state index >= 15 is 0 Å². The van der Waals surface area contributed by atoms with Gasteiger partial charge in [0.2, 0.25) is 5.91 Å². The molecule has 1 saturated heterocycles. The summed E-state index contributed by atoms with van der Waals surface area (Å²) in [6, 6.07) is 9.94. The van der Waals surface area contributed by atoms with E-state index in [-0.39, 0.29) is 0 Å². The van der Waals surface area contributed by atoms with E-state index in [1.807, 2.05) is 35.2 Å². The zero-order chi connectivity index (χ0) is 14.1. The molecule has 1 aliphatic rings. The summed E-state index contributed by atoms with van der Waals surface area (Å²) in [6.45, 7) is 1.62. The first kappa shape index (κ1) is 13.3. The Bertz CT molecular complexity index is 662. The van der Waals surface area contributed by atoms with Gasteiger partial charge in [-0.05, 0) is 34.1 Å². The Hall–Kier alpha value is -1.66. The van der Waals surface area contributed by atoms with Crippen LogP contribution in [0.4, 0.5) is 5.82 Å². The number of nitrogens with zero attached hydrogens (tertiary/aromatic N) is 2. The van der Waals surface area contributed by atoms with E-state index in [0.717, 1.165) is 21.2 Å². The number of fused-ring (bicyclic) bond motifs is 1.